The van der Waals surface area contributed by atoms with Crippen molar-refractivity contribution in [2.24, 2.45) is 10.9 Å². The molecule has 7 heteroatoms. The first kappa shape index (κ1) is 22.3. The van der Waals surface area contributed by atoms with Gasteiger partial charge >= 0.3 is 0 Å². The topological polar surface area (TPSA) is 63.2 Å². The molecule has 1 saturated carbocycles. The number of guanidine groups is 1. The van der Waals surface area contributed by atoms with Gasteiger partial charge in [-0.2, -0.15) is 0 Å². The summed E-state index contributed by atoms with van der Waals surface area (Å²) in [6.45, 7) is 11.4. The molecule has 1 atom stereocenters. The minimum atomic E-state index is 0.287. The molecule has 0 aromatic rings. The highest BCUT2D eigenvalue weighted by Crippen LogP contribution is 2.27. The monoisotopic (exact) mass is 406 g/mol. The molecule has 2 aliphatic heterocycles. The van der Waals surface area contributed by atoms with Crippen LogP contribution in [0.5, 0.6) is 0 Å². The van der Waals surface area contributed by atoms with Crippen LogP contribution in [0, 0.1) is 5.92 Å². The summed E-state index contributed by atoms with van der Waals surface area (Å²) < 4.78 is 0. The van der Waals surface area contributed by atoms with Crippen LogP contribution in [0.2, 0.25) is 0 Å². The van der Waals surface area contributed by atoms with Gasteiger partial charge in [-0.25, -0.2) is 0 Å². The van der Waals surface area contributed by atoms with Crippen LogP contribution in [0.3, 0.4) is 0 Å². The molecule has 3 rings (SSSR count). The molecule has 166 valence electrons. The maximum Gasteiger partial charge on any atom is 0.225 e. The van der Waals surface area contributed by atoms with Crippen LogP contribution < -0.4 is 10.6 Å². The Labute approximate surface area is 177 Å². The van der Waals surface area contributed by atoms with Crippen LogP contribution in [0.1, 0.15) is 51.9 Å². The zero-order valence-electron chi connectivity index (χ0n) is 18.7. The second-order valence-corrected chi connectivity index (χ2v) is 9.01. The highest BCUT2D eigenvalue weighted by molar-refractivity contribution is 5.81. The molecule has 0 aromatic heterocycles. The second kappa shape index (κ2) is 11.7. The van der Waals surface area contributed by atoms with E-state index in [0.29, 0.717) is 11.9 Å². The standard InChI is InChI=1S/C22H42N6O/c1-3-23-22(24-11-6-13-27-14-7-12-26(2)16-17-27)25-20-10-15-28(18-20)21(29)19-8-4-5-9-19/h19-20H,3-18H2,1-2H3,(H2,23,24,25). The van der Waals surface area contributed by atoms with Gasteiger partial charge < -0.3 is 25.3 Å². The van der Waals surface area contributed by atoms with E-state index in [4.69, 9.17) is 4.99 Å². The molecule has 1 aliphatic carbocycles. The summed E-state index contributed by atoms with van der Waals surface area (Å²) in [6, 6.07) is 0.319. The molecule has 3 aliphatic rings. The summed E-state index contributed by atoms with van der Waals surface area (Å²) in [6.07, 6.45) is 7.99. The normalized spacial score (nSPS) is 25.4. The summed E-state index contributed by atoms with van der Waals surface area (Å²) in [5, 5.41) is 6.95. The van der Waals surface area contributed by atoms with Gasteiger partial charge in [0.15, 0.2) is 5.96 Å². The van der Waals surface area contributed by atoms with E-state index in [1.165, 1.54) is 45.4 Å². The van der Waals surface area contributed by atoms with E-state index in [0.717, 1.165) is 64.4 Å². The maximum atomic E-state index is 12.7. The third kappa shape index (κ3) is 7.14. The minimum absolute atomic E-state index is 0.287. The summed E-state index contributed by atoms with van der Waals surface area (Å²) in [5.41, 5.74) is 0. The minimum Gasteiger partial charge on any atom is -0.357 e. The number of amides is 1. The lowest BCUT2D eigenvalue weighted by Crippen LogP contribution is -2.45. The number of aliphatic imine (C=N–C) groups is 1. The van der Waals surface area contributed by atoms with Crippen LogP contribution in [0.4, 0.5) is 0 Å². The van der Waals surface area contributed by atoms with Crippen LogP contribution in [-0.2, 0) is 4.79 Å². The Morgan fingerprint density at radius 2 is 1.86 bits per heavy atom. The van der Waals surface area contributed by atoms with Crippen molar-refractivity contribution >= 4 is 11.9 Å². The largest absolute Gasteiger partial charge is 0.357 e. The second-order valence-electron chi connectivity index (χ2n) is 9.01. The van der Waals surface area contributed by atoms with E-state index < -0.39 is 0 Å². The molecule has 0 bridgehead atoms. The fourth-order valence-corrected chi connectivity index (χ4v) is 4.83. The van der Waals surface area contributed by atoms with E-state index in [2.05, 4.69) is 39.3 Å². The smallest absolute Gasteiger partial charge is 0.225 e. The molecule has 29 heavy (non-hydrogen) atoms. The Balaban J connectivity index is 1.39. The lowest BCUT2D eigenvalue weighted by Gasteiger charge is -2.22. The predicted molar refractivity (Wildman–Crippen MR) is 119 cm³/mol. The molecular weight excluding hydrogens is 364 g/mol. The molecule has 7 nitrogen and oxygen atoms in total. The molecule has 2 N–H and O–H groups in total. The number of nitrogens with zero attached hydrogens (tertiary/aromatic N) is 4. The molecule has 1 unspecified atom stereocenters. The highest BCUT2D eigenvalue weighted by atomic mass is 16.2. The molecule has 2 saturated heterocycles. The molecule has 0 spiro atoms. The van der Waals surface area contributed by atoms with Crippen LogP contribution in [-0.4, -0.2) is 98.6 Å². The van der Waals surface area contributed by atoms with E-state index in [1.807, 2.05) is 0 Å². The van der Waals surface area contributed by atoms with E-state index >= 15 is 0 Å². The molecule has 1 amide bonds. The van der Waals surface area contributed by atoms with Gasteiger partial charge in [-0.05, 0) is 65.7 Å². The Morgan fingerprint density at radius 3 is 2.66 bits per heavy atom. The SMILES string of the molecule is CCNC(=NCCCN1CCCN(C)CC1)NC1CCN(C(=O)C2CCCC2)C1. The van der Waals surface area contributed by atoms with Gasteiger partial charge in [0.05, 0.1) is 0 Å². The summed E-state index contributed by atoms with van der Waals surface area (Å²) >= 11 is 0. The Kier molecular flexibility index (Phi) is 9.05. The Bertz CT molecular complexity index is 533. The fourth-order valence-electron chi connectivity index (χ4n) is 4.83. The highest BCUT2D eigenvalue weighted by Gasteiger charge is 2.32. The van der Waals surface area contributed by atoms with Gasteiger partial charge in [0.25, 0.3) is 0 Å². The molecular formula is C22H42N6O. The number of hydrogen-bond acceptors (Lipinski definition) is 4. The summed E-state index contributed by atoms with van der Waals surface area (Å²) in [7, 11) is 2.22. The third-order valence-corrected chi connectivity index (χ3v) is 6.60. The lowest BCUT2D eigenvalue weighted by atomic mass is 10.1. The molecule has 0 radical (unpaired) electrons. The molecule has 3 fully saturated rings. The van der Waals surface area contributed by atoms with Gasteiger partial charge in [-0.1, -0.05) is 12.8 Å². The average Bonchev–Trinajstić information content (AvgIpc) is 3.36. The van der Waals surface area contributed by atoms with Crippen LogP contribution >= 0.6 is 0 Å². The zero-order valence-corrected chi connectivity index (χ0v) is 18.7. The quantitative estimate of drug-likeness (QED) is 0.380. The number of hydrogen-bond donors (Lipinski definition) is 2. The Morgan fingerprint density at radius 1 is 1.03 bits per heavy atom. The van der Waals surface area contributed by atoms with Crippen molar-refractivity contribution in [3.63, 3.8) is 0 Å². The third-order valence-electron chi connectivity index (χ3n) is 6.60. The summed E-state index contributed by atoms with van der Waals surface area (Å²) in [5.74, 6) is 1.58. The zero-order chi connectivity index (χ0) is 20.5. The Hall–Kier alpha value is -1.34. The van der Waals surface area contributed by atoms with Crippen LogP contribution in [0.15, 0.2) is 4.99 Å². The van der Waals surface area contributed by atoms with Crippen molar-refractivity contribution < 1.29 is 4.79 Å². The molecule has 0 aromatic carbocycles. The van der Waals surface area contributed by atoms with Crippen molar-refractivity contribution in [3.8, 4) is 0 Å². The average molecular weight is 407 g/mol. The number of rotatable bonds is 7. The first-order chi connectivity index (χ1) is 14.2. The van der Waals surface area contributed by atoms with Gasteiger partial charge in [0, 0.05) is 51.2 Å². The first-order valence-corrected chi connectivity index (χ1v) is 11.9. The maximum absolute atomic E-state index is 12.7. The predicted octanol–water partition coefficient (Wildman–Crippen LogP) is 1.36. The lowest BCUT2D eigenvalue weighted by molar-refractivity contribution is -0.134. The fraction of sp³-hybridized carbons (Fsp3) is 0.909. The number of nitrogens with one attached hydrogen (secondary N) is 2. The van der Waals surface area contributed by atoms with Gasteiger partial charge in [0.1, 0.15) is 0 Å². The molecule has 2 heterocycles. The van der Waals surface area contributed by atoms with Crippen LogP contribution in [0.25, 0.3) is 0 Å². The van der Waals surface area contributed by atoms with Crippen molar-refractivity contribution in [2.45, 2.75) is 57.9 Å². The van der Waals surface area contributed by atoms with Gasteiger partial charge in [-0.15, -0.1) is 0 Å². The number of carbonyl (C=O) groups is 1. The van der Waals surface area contributed by atoms with E-state index in [9.17, 15) is 4.79 Å². The summed E-state index contributed by atoms with van der Waals surface area (Å²) in [4.78, 5) is 24.5. The first-order valence-electron chi connectivity index (χ1n) is 11.9. The van der Waals surface area contributed by atoms with Crippen molar-refractivity contribution in [2.75, 3.05) is 66.0 Å². The van der Waals surface area contributed by atoms with Crippen molar-refractivity contribution in [3.05, 3.63) is 0 Å². The van der Waals surface area contributed by atoms with E-state index in [-0.39, 0.29) is 5.92 Å². The van der Waals surface area contributed by atoms with E-state index in [1.54, 1.807) is 0 Å². The van der Waals surface area contributed by atoms with Gasteiger partial charge in [-0.3, -0.25) is 9.79 Å². The van der Waals surface area contributed by atoms with Crippen molar-refractivity contribution in [1.29, 1.82) is 0 Å². The van der Waals surface area contributed by atoms with Crippen molar-refractivity contribution in [1.82, 2.24) is 25.3 Å². The number of likely N-dealkylation sites (N-methyl/N-ethyl adjacent to an activating group) is 1. The number of carbonyl (C=O) groups excluding carboxylic acids is 1. The number of likely N-dealkylation sites (tertiary alicyclic amines) is 1. The van der Waals surface area contributed by atoms with Gasteiger partial charge in [0.2, 0.25) is 5.91 Å².